The van der Waals surface area contributed by atoms with Gasteiger partial charge in [0.1, 0.15) is 0 Å². The molecule has 2 aromatic rings. The van der Waals surface area contributed by atoms with Gasteiger partial charge >= 0.3 is 0 Å². The normalized spacial score (nSPS) is 14.4. The Kier molecular flexibility index (Phi) is 6.58. The summed E-state index contributed by atoms with van der Waals surface area (Å²) in [5.74, 6) is -0.288. The molecule has 160 valence electrons. The van der Waals surface area contributed by atoms with Crippen molar-refractivity contribution in [3.05, 3.63) is 53.6 Å². The highest BCUT2D eigenvalue weighted by Crippen LogP contribution is 2.24. The van der Waals surface area contributed by atoms with Crippen LogP contribution < -0.4 is 10.2 Å². The second kappa shape index (κ2) is 8.97. The number of anilines is 2. The Morgan fingerprint density at radius 1 is 1.10 bits per heavy atom. The van der Waals surface area contributed by atoms with Crippen molar-refractivity contribution in [3.63, 3.8) is 0 Å². The number of carbonyl (C=O) groups excluding carboxylic acids is 2. The van der Waals surface area contributed by atoms with Crippen molar-refractivity contribution in [2.45, 2.75) is 38.5 Å². The fourth-order valence-corrected chi connectivity index (χ4v) is 5.28. The molecule has 1 saturated heterocycles. The molecular formula is C22H27N3O4S. The van der Waals surface area contributed by atoms with E-state index in [-0.39, 0.29) is 16.4 Å². The minimum Gasteiger partial charge on any atom is -0.322 e. The second-order valence-electron chi connectivity index (χ2n) is 7.22. The number of hydrogen-bond donors (Lipinski definition) is 1. The highest BCUT2D eigenvalue weighted by molar-refractivity contribution is 7.89. The third-order valence-corrected chi connectivity index (χ3v) is 7.48. The Labute approximate surface area is 177 Å². The van der Waals surface area contributed by atoms with E-state index >= 15 is 0 Å². The summed E-state index contributed by atoms with van der Waals surface area (Å²) < 4.78 is 27.2. The lowest BCUT2D eigenvalue weighted by atomic mass is 10.1. The molecule has 0 aliphatic carbocycles. The average molecular weight is 430 g/mol. The van der Waals surface area contributed by atoms with Crippen molar-refractivity contribution in [1.29, 1.82) is 0 Å². The minimum atomic E-state index is -3.67. The third-order valence-electron chi connectivity index (χ3n) is 5.28. The Hall–Kier alpha value is -2.71. The summed E-state index contributed by atoms with van der Waals surface area (Å²) in [5, 5.41) is 2.79. The number of carbonyl (C=O) groups is 2. The number of benzene rings is 2. The lowest BCUT2D eigenvalue weighted by Crippen LogP contribution is -2.31. The zero-order valence-electron chi connectivity index (χ0n) is 17.5. The van der Waals surface area contributed by atoms with Crippen molar-refractivity contribution in [1.82, 2.24) is 4.31 Å². The Morgan fingerprint density at radius 2 is 1.77 bits per heavy atom. The minimum absolute atomic E-state index is 0.105. The standard InChI is InChI=1S/C22H27N3O4S/c1-4-24(5-2)30(28,29)20-15-17(9-8-16(20)3)22(27)23-18-10-12-19(13-11-18)25-14-6-7-21(25)26/h8-13,15H,4-7,14H2,1-3H3,(H,23,27). The fourth-order valence-electron chi connectivity index (χ4n) is 3.57. The molecule has 3 rings (SSSR count). The molecule has 30 heavy (non-hydrogen) atoms. The second-order valence-corrected chi connectivity index (χ2v) is 9.13. The molecule has 0 radical (unpaired) electrons. The molecule has 7 nitrogen and oxygen atoms in total. The highest BCUT2D eigenvalue weighted by Gasteiger charge is 2.25. The molecule has 8 heteroatoms. The molecule has 1 N–H and O–H groups in total. The maximum absolute atomic E-state index is 12.9. The van der Waals surface area contributed by atoms with Gasteiger partial charge in [0, 0.05) is 43.0 Å². The van der Waals surface area contributed by atoms with Gasteiger partial charge in [-0.3, -0.25) is 9.59 Å². The predicted octanol–water partition coefficient (Wildman–Crippen LogP) is 3.40. The Balaban J connectivity index is 1.80. The first-order chi connectivity index (χ1) is 14.3. The summed E-state index contributed by atoms with van der Waals surface area (Å²) in [5.41, 5.74) is 2.24. The van der Waals surface area contributed by atoms with Gasteiger partial charge in [0.25, 0.3) is 5.91 Å². The smallest absolute Gasteiger partial charge is 0.255 e. The number of sulfonamides is 1. The van der Waals surface area contributed by atoms with Crippen LogP contribution in [-0.2, 0) is 14.8 Å². The van der Waals surface area contributed by atoms with E-state index in [9.17, 15) is 18.0 Å². The van der Waals surface area contributed by atoms with E-state index in [0.29, 0.717) is 37.3 Å². The van der Waals surface area contributed by atoms with Crippen LogP contribution in [0.3, 0.4) is 0 Å². The van der Waals surface area contributed by atoms with E-state index in [1.807, 2.05) is 0 Å². The Morgan fingerprint density at radius 3 is 2.33 bits per heavy atom. The van der Waals surface area contributed by atoms with Crippen LogP contribution in [0.1, 0.15) is 42.6 Å². The molecular weight excluding hydrogens is 402 g/mol. The summed E-state index contributed by atoms with van der Waals surface area (Å²) in [7, 11) is -3.67. The van der Waals surface area contributed by atoms with Gasteiger partial charge in [-0.05, 0) is 55.3 Å². The van der Waals surface area contributed by atoms with E-state index < -0.39 is 15.9 Å². The monoisotopic (exact) mass is 429 g/mol. The van der Waals surface area contributed by atoms with E-state index in [0.717, 1.165) is 12.1 Å². The van der Waals surface area contributed by atoms with Crippen LogP contribution in [0, 0.1) is 6.92 Å². The van der Waals surface area contributed by atoms with Crippen LogP contribution in [0.2, 0.25) is 0 Å². The number of nitrogens with zero attached hydrogens (tertiary/aromatic N) is 2. The lowest BCUT2D eigenvalue weighted by molar-refractivity contribution is -0.117. The molecule has 2 amide bonds. The Bertz CT molecular complexity index is 1040. The van der Waals surface area contributed by atoms with Crippen LogP contribution >= 0.6 is 0 Å². The third kappa shape index (κ3) is 4.39. The number of amides is 2. The SMILES string of the molecule is CCN(CC)S(=O)(=O)c1cc(C(=O)Nc2ccc(N3CCCC3=O)cc2)ccc1C. The molecule has 0 bridgehead atoms. The maximum Gasteiger partial charge on any atom is 0.255 e. The molecule has 2 aromatic carbocycles. The molecule has 1 aliphatic heterocycles. The molecule has 0 unspecified atom stereocenters. The molecule has 0 atom stereocenters. The molecule has 0 saturated carbocycles. The molecule has 0 spiro atoms. The van der Waals surface area contributed by atoms with E-state index in [4.69, 9.17) is 0 Å². The highest BCUT2D eigenvalue weighted by atomic mass is 32.2. The topological polar surface area (TPSA) is 86.8 Å². The zero-order valence-corrected chi connectivity index (χ0v) is 18.3. The average Bonchev–Trinajstić information content (AvgIpc) is 3.15. The molecule has 1 heterocycles. The van der Waals surface area contributed by atoms with Crippen molar-refractivity contribution >= 4 is 33.2 Å². The van der Waals surface area contributed by atoms with Crippen LogP contribution in [0.4, 0.5) is 11.4 Å². The first-order valence-electron chi connectivity index (χ1n) is 10.1. The van der Waals surface area contributed by atoms with Crippen molar-refractivity contribution in [2.75, 3.05) is 29.9 Å². The van der Waals surface area contributed by atoms with Crippen LogP contribution in [0.25, 0.3) is 0 Å². The molecule has 0 aromatic heterocycles. The summed E-state index contributed by atoms with van der Waals surface area (Å²) >= 11 is 0. The number of nitrogens with one attached hydrogen (secondary N) is 1. The van der Waals surface area contributed by atoms with Crippen LogP contribution in [0.5, 0.6) is 0 Å². The maximum atomic E-state index is 12.9. The van der Waals surface area contributed by atoms with Gasteiger partial charge in [-0.1, -0.05) is 19.9 Å². The molecule has 1 aliphatic rings. The van der Waals surface area contributed by atoms with Gasteiger partial charge < -0.3 is 10.2 Å². The van der Waals surface area contributed by atoms with Crippen molar-refractivity contribution in [3.8, 4) is 0 Å². The zero-order chi connectivity index (χ0) is 21.9. The predicted molar refractivity (Wildman–Crippen MR) is 117 cm³/mol. The van der Waals surface area contributed by atoms with Crippen molar-refractivity contribution in [2.24, 2.45) is 0 Å². The van der Waals surface area contributed by atoms with Gasteiger partial charge in [-0.15, -0.1) is 0 Å². The number of aryl methyl sites for hydroxylation is 1. The van der Waals surface area contributed by atoms with Gasteiger partial charge in [0.2, 0.25) is 15.9 Å². The summed E-state index contributed by atoms with van der Waals surface area (Å²) in [6.07, 6.45) is 1.41. The summed E-state index contributed by atoms with van der Waals surface area (Å²) in [6.45, 7) is 6.72. The van der Waals surface area contributed by atoms with Gasteiger partial charge in [0.15, 0.2) is 0 Å². The molecule has 1 fully saturated rings. The van der Waals surface area contributed by atoms with Crippen LogP contribution in [-0.4, -0.2) is 44.2 Å². The quantitative estimate of drug-likeness (QED) is 0.731. The van der Waals surface area contributed by atoms with Crippen LogP contribution in [0.15, 0.2) is 47.4 Å². The fraction of sp³-hybridized carbons (Fsp3) is 0.364. The van der Waals surface area contributed by atoms with Gasteiger partial charge in [0.05, 0.1) is 4.90 Å². The summed E-state index contributed by atoms with van der Waals surface area (Å²) in [6, 6.07) is 11.8. The summed E-state index contributed by atoms with van der Waals surface area (Å²) in [4.78, 5) is 26.5. The first kappa shape index (κ1) is 22.0. The van der Waals surface area contributed by atoms with Gasteiger partial charge in [-0.25, -0.2) is 8.42 Å². The van der Waals surface area contributed by atoms with E-state index in [2.05, 4.69) is 5.32 Å². The van der Waals surface area contributed by atoms with Crippen molar-refractivity contribution < 1.29 is 18.0 Å². The largest absolute Gasteiger partial charge is 0.322 e. The van der Waals surface area contributed by atoms with E-state index in [1.165, 1.54) is 10.4 Å². The first-order valence-corrected chi connectivity index (χ1v) is 11.5. The van der Waals surface area contributed by atoms with E-state index in [1.54, 1.807) is 62.1 Å². The number of hydrogen-bond acceptors (Lipinski definition) is 4. The lowest BCUT2D eigenvalue weighted by Gasteiger charge is -2.20. The number of rotatable bonds is 7. The van der Waals surface area contributed by atoms with Gasteiger partial charge in [-0.2, -0.15) is 4.31 Å².